The highest BCUT2D eigenvalue weighted by molar-refractivity contribution is 5.65. The van der Waals surface area contributed by atoms with E-state index in [-0.39, 0.29) is 5.97 Å². The predicted octanol–water partition coefficient (Wildman–Crippen LogP) is 2.94. The lowest BCUT2D eigenvalue weighted by atomic mass is 10.00. The second-order valence-corrected chi connectivity index (χ2v) is 5.76. The smallest absolute Gasteiger partial charge is 0.302 e. The van der Waals surface area contributed by atoms with E-state index in [4.69, 9.17) is 4.74 Å². The average Bonchev–Trinajstić information content (AvgIpc) is 3.06. The van der Waals surface area contributed by atoms with Crippen LogP contribution in [0, 0.1) is 5.92 Å². The molecular weight excluding hydrogens is 250 g/mol. The van der Waals surface area contributed by atoms with Crippen LogP contribution in [0.15, 0.2) is 42.5 Å². The SMILES string of the molecule is CC(=O)OC[C@@H]1[C@H]2C=C[C@H](C2)N1[C@H](C)c1ccccc1. The van der Waals surface area contributed by atoms with Crippen LogP contribution in [-0.4, -0.2) is 29.6 Å². The van der Waals surface area contributed by atoms with Gasteiger partial charge in [-0.1, -0.05) is 42.5 Å². The summed E-state index contributed by atoms with van der Waals surface area (Å²) in [5.74, 6) is 0.328. The second kappa shape index (κ2) is 5.41. The number of carbonyl (C=O) groups excluding carboxylic acids is 1. The van der Waals surface area contributed by atoms with Gasteiger partial charge in [0.1, 0.15) is 6.61 Å². The van der Waals surface area contributed by atoms with Gasteiger partial charge in [-0.25, -0.2) is 0 Å². The minimum atomic E-state index is -0.191. The van der Waals surface area contributed by atoms with Gasteiger partial charge >= 0.3 is 5.97 Å². The van der Waals surface area contributed by atoms with Crippen LogP contribution in [-0.2, 0) is 9.53 Å². The Morgan fingerprint density at radius 1 is 1.35 bits per heavy atom. The number of benzene rings is 1. The molecule has 1 saturated heterocycles. The van der Waals surface area contributed by atoms with Crippen molar-refractivity contribution >= 4 is 5.97 Å². The van der Waals surface area contributed by atoms with E-state index in [0.717, 1.165) is 6.42 Å². The first-order valence-electron chi connectivity index (χ1n) is 7.31. The van der Waals surface area contributed by atoms with Gasteiger partial charge in [-0.3, -0.25) is 9.69 Å². The Kier molecular flexibility index (Phi) is 3.62. The first-order chi connectivity index (χ1) is 9.66. The van der Waals surface area contributed by atoms with Crippen molar-refractivity contribution in [1.82, 2.24) is 4.90 Å². The number of carbonyl (C=O) groups is 1. The van der Waals surface area contributed by atoms with Crippen molar-refractivity contribution in [3.63, 3.8) is 0 Å². The van der Waals surface area contributed by atoms with Crippen molar-refractivity contribution < 1.29 is 9.53 Å². The third-order valence-corrected chi connectivity index (χ3v) is 4.54. The highest BCUT2D eigenvalue weighted by Crippen LogP contribution is 2.42. The molecule has 3 rings (SSSR count). The van der Waals surface area contributed by atoms with Crippen molar-refractivity contribution in [2.45, 2.75) is 38.4 Å². The van der Waals surface area contributed by atoms with Crippen LogP contribution < -0.4 is 0 Å². The summed E-state index contributed by atoms with van der Waals surface area (Å²) in [5.41, 5.74) is 1.32. The molecule has 0 saturated carbocycles. The number of hydrogen-bond donors (Lipinski definition) is 0. The number of esters is 1. The zero-order chi connectivity index (χ0) is 14.1. The third kappa shape index (κ3) is 2.38. The molecule has 1 aromatic rings. The first kappa shape index (κ1) is 13.4. The lowest BCUT2D eigenvalue weighted by molar-refractivity contribution is -0.143. The van der Waals surface area contributed by atoms with Crippen LogP contribution in [0.25, 0.3) is 0 Å². The maximum atomic E-state index is 11.1. The molecule has 0 radical (unpaired) electrons. The molecule has 1 fully saturated rings. The molecule has 2 aliphatic rings. The topological polar surface area (TPSA) is 29.5 Å². The lowest BCUT2D eigenvalue weighted by Gasteiger charge is -2.37. The normalized spacial score (nSPS) is 29.6. The molecule has 0 amide bonds. The summed E-state index contributed by atoms with van der Waals surface area (Å²) < 4.78 is 5.28. The van der Waals surface area contributed by atoms with Gasteiger partial charge in [0.25, 0.3) is 0 Å². The molecule has 20 heavy (non-hydrogen) atoms. The van der Waals surface area contributed by atoms with Gasteiger partial charge in [-0.2, -0.15) is 0 Å². The van der Waals surface area contributed by atoms with Crippen LogP contribution >= 0.6 is 0 Å². The van der Waals surface area contributed by atoms with Crippen LogP contribution in [0.1, 0.15) is 31.9 Å². The Hall–Kier alpha value is -1.61. The van der Waals surface area contributed by atoms with Gasteiger partial charge in [0.2, 0.25) is 0 Å². The second-order valence-electron chi connectivity index (χ2n) is 5.76. The lowest BCUT2D eigenvalue weighted by Crippen LogP contribution is -2.43. The van der Waals surface area contributed by atoms with E-state index in [0.29, 0.717) is 30.7 Å². The molecule has 1 aromatic carbocycles. The molecule has 0 N–H and O–H groups in total. The standard InChI is InChI=1S/C17H21NO2/c1-12(14-6-4-3-5-7-14)18-16-9-8-15(10-16)17(18)11-20-13(2)19/h3-9,12,15-17H,10-11H2,1-2H3/t12-,15+,16-,17-/m1/s1. The van der Waals surface area contributed by atoms with E-state index >= 15 is 0 Å². The Morgan fingerprint density at radius 2 is 2.10 bits per heavy atom. The molecule has 1 heterocycles. The van der Waals surface area contributed by atoms with E-state index in [1.165, 1.54) is 12.5 Å². The Bertz CT molecular complexity index is 511. The largest absolute Gasteiger partial charge is 0.464 e. The molecular formula is C17H21NO2. The quantitative estimate of drug-likeness (QED) is 0.623. The summed E-state index contributed by atoms with van der Waals surface area (Å²) >= 11 is 0. The Balaban J connectivity index is 1.79. The molecule has 4 atom stereocenters. The summed E-state index contributed by atoms with van der Waals surface area (Å²) in [5, 5.41) is 0. The van der Waals surface area contributed by atoms with Crippen molar-refractivity contribution in [3.8, 4) is 0 Å². The summed E-state index contributed by atoms with van der Waals surface area (Å²) in [6.45, 7) is 4.22. The number of hydrogen-bond acceptors (Lipinski definition) is 3. The molecule has 1 aliphatic heterocycles. The molecule has 2 bridgehead atoms. The molecule has 1 aliphatic carbocycles. The summed E-state index contributed by atoms with van der Waals surface area (Å²) in [4.78, 5) is 13.6. The summed E-state index contributed by atoms with van der Waals surface area (Å²) in [6, 6.07) is 11.7. The van der Waals surface area contributed by atoms with E-state index in [1.54, 1.807) is 0 Å². The van der Waals surface area contributed by atoms with Gasteiger partial charge in [0.05, 0.1) is 6.04 Å². The molecule has 0 spiro atoms. The van der Waals surface area contributed by atoms with Gasteiger partial charge < -0.3 is 4.74 Å². The maximum absolute atomic E-state index is 11.1. The van der Waals surface area contributed by atoms with Crippen LogP contribution in [0.2, 0.25) is 0 Å². The van der Waals surface area contributed by atoms with E-state index in [2.05, 4.69) is 48.2 Å². The Morgan fingerprint density at radius 3 is 2.80 bits per heavy atom. The van der Waals surface area contributed by atoms with Gasteiger partial charge in [-0.05, 0) is 24.8 Å². The Labute approximate surface area is 120 Å². The molecule has 3 nitrogen and oxygen atoms in total. The molecule has 106 valence electrons. The monoisotopic (exact) mass is 271 g/mol. The molecule has 0 aromatic heterocycles. The van der Waals surface area contributed by atoms with Crippen molar-refractivity contribution in [2.75, 3.05) is 6.61 Å². The van der Waals surface area contributed by atoms with E-state index in [1.807, 2.05) is 6.07 Å². The molecule has 3 heteroatoms. The fraction of sp³-hybridized carbons (Fsp3) is 0.471. The summed E-state index contributed by atoms with van der Waals surface area (Å²) in [7, 11) is 0. The zero-order valence-electron chi connectivity index (χ0n) is 12.0. The van der Waals surface area contributed by atoms with Crippen molar-refractivity contribution in [2.24, 2.45) is 5.92 Å². The number of ether oxygens (including phenoxy) is 1. The molecule has 0 unspecified atom stereocenters. The van der Waals surface area contributed by atoms with Crippen LogP contribution in [0.4, 0.5) is 0 Å². The highest BCUT2D eigenvalue weighted by atomic mass is 16.5. The fourth-order valence-electron chi connectivity index (χ4n) is 3.57. The van der Waals surface area contributed by atoms with Crippen molar-refractivity contribution in [3.05, 3.63) is 48.0 Å². The van der Waals surface area contributed by atoms with Gasteiger partial charge in [0.15, 0.2) is 0 Å². The summed E-state index contributed by atoms with van der Waals surface area (Å²) in [6.07, 6.45) is 5.74. The van der Waals surface area contributed by atoms with E-state index < -0.39 is 0 Å². The zero-order valence-corrected chi connectivity index (χ0v) is 12.0. The maximum Gasteiger partial charge on any atom is 0.302 e. The number of fused-ring (bicyclic) bond motifs is 2. The first-order valence-corrected chi connectivity index (χ1v) is 7.31. The van der Waals surface area contributed by atoms with Crippen LogP contribution in [0.5, 0.6) is 0 Å². The average molecular weight is 271 g/mol. The fourth-order valence-corrected chi connectivity index (χ4v) is 3.57. The van der Waals surface area contributed by atoms with Crippen LogP contribution in [0.3, 0.4) is 0 Å². The minimum Gasteiger partial charge on any atom is -0.464 e. The third-order valence-electron chi connectivity index (χ3n) is 4.54. The minimum absolute atomic E-state index is 0.191. The highest BCUT2D eigenvalue weighted by Gasteiger charge is 2.45. The van der Waals surface area contributed by atoms with E-state index in [9.17, 15) is 4.79 Å². The number of nitrogens with zero attached hydrogens (tertiary/aromatic N) is 1. The van der Waals surface area contributed by atoms with Gasteiger partial charge in [-0.15, -0.1) is 0 Å². The van der Waals surface area contributed by atoms with Gasteiger partial charge in [0, 0.05) is 19.0 Å². The number of likely N-dealkylation sites (tertiary alicyclic amines) is 1. The predicted molar refractivity (Wildman–Crippen MR) is 78.2 cm³/mol. The number of rotatable bonds is 4. The van der Waals surface area contributed by atoms with Crippen molar-refractivity contribution in [1.29, 1.82) is 0 Å².